The summed E-state index contributed by atoms with van der Waals surface area (Å²) in [6, 6.07) is 9.36. The molecule has 1 aliphatic heterocycles. The third kappa shape index (κ3) is 5.77. The molecule has 0 atom stereocenters. The molecule has 0 bridgehead atoms. The Bertz CT molecular complexity index is 604. The predicted molar refractivity (Wildman–Crippen MR) is 92.1 cm³/mol. The van der Waals surface area contributed by atoms with Crippen molar-refractivity contribution < 1.29 is 19.1 Å². The number of nitrogens with zero attached hydrogens (tertiary/aromatic N) is 2. The Morgan fingerprint density at radius 1 is 1.12 bits per heavy atom. The van der Waals surface area contributed by atoms with Crippen molar-refractivity contribution in [2.45, 2.75) is 33.3 Å². The molecule has 1 saturated heterocycles. The van der Waals surface area contributed by atoms with Crippen molar-refractivity contribution in [3.05, 3.63) is 35.9 Å². The lowest BCUT2D eigenvalue weighted by molar-refractivity contribution is -0.142. The Labute approximate surface area is 147 Å². The molecular weight excluding hydrogens is 322 g/mol. The molecule has 1 fully saturated rings. The summed E-state index contributed by atoms with van der Waals surface area (Å²) in [5, 5.41) is 5.25. The Balaban J connectivity index is 1.82. The van der Waals surface area contributed by atoms with Gasteiger partial charge in [0.2, 0.25) is 5.91 Å². The first-order valence-electron chi connectivity index (χ1n) is 8.52. The molecular formula is C18H25N3O4. The van der Waals surface area contributed by atoms with Gasteiger partial charge >= 0.3 is 6.09 Å². The van der Waals surface area contributed by atoms with Crippen LogP contribution >= 0.6 is 0 Å². The smallest absolute Gasteiger partial charge is 0.429 e. The van der Waals surface area contributed by atoms with Gasteiger partial charge in [0.25, 0.3) is 5.91 Å². The summed E-state index contributed by atoms with van der Waals surface area (Å²) in [5.74, 6) is -0.252. The second-order valence-electron chi connectivity index (χ2n) is 6.41. The Morgan fingerprint density at radius 2 is 1.80 bits per heavy atom. The molecule has 0 saturated carbocycles. The number of rotatable bonds is 6. The maximum absolute atomic E-state index is 12.3. The topological polar surface area (TPSA) is 79.0 Å². The number of ether oxygens (including phenoxy) is 1. The molecule has 3 amide bonds. The molecule has 0 aromatic heterocycles. The molecule has 1 aliphatic rings. The van der Waals surface area contributed by atoms with Crippen LogP contribution in [-0.2, 0) is 20.9 Å². The molecule has 0 unspecified atom stereocenters. The maximum atomic E-state index is 12.3. The molecule has 0 aliphatic carbocycles. The van der Waals surface area contributed by atoms with Crippen molar-refractivity contribution in [1.29, 1.82) is 0 Å². The van der Waals surface area contributed by atoms with E-state index in [1.807, 2.05) is 44.2 Å². The minimum atomic E-state index is -0.553. The second-order valence-corrected chi connectivity index (χ2v) is 6.41. The van der Waals surface area contributed by atoms with E-state index in [1.165, 1.54) is 10.0 Å². The highest BCUT2D eigenvalue weighted by Gasteiger charge is 2.31. The Hall–Kier alpha value is -2.57. The van der Waals surface area contributed by atoms with E-state index in [0.29, 0.717) is 25.9 Å². The van der Waals surface area contributed by atoms with Gasteiger partial charge < -0.3 is 10.1 Å². The first kappa shape index (κ1) is 18.8. The number of nitrogens with one attached hydrogen (secondary N) is 1. The fraction of sp³-hybridized carbons (Fsp3) is 0.500. The second kappa shape index (κ2) is 9.05. The van der Waals surface area contributed by atoms with Crippen LogP contribution in [-0.4, -0.2) is 47.6 Å². The van der Waals surface area contributed by atoms with Crippen LogP contribution in [0.25, 0.3) is 0 Å². The summed E-state index contributed by atoms with van der Waals surface area (Å²) >= 11 is 0. The van der Waals surface area contributed by atoms with E-state index >= 15 is 0 Å². The van der Waals surface area contributed by atoms with E-state index in [0.717, 1.165) is 5.56 Å². The van der Waals surface area contributed by atoms with Crippen molar-refractivity contribution in [3.63, 3.8) is 0 Å². The van der Waals surface area contributed by atoms with Crippen LogP contribution in [0.1, 0.15) is 32.3 Å². The van der Waals surface area contributed by atoms with E-state index in [1.54, 1.807) is 0 Å². The van der Waals surface area contributed by atoms with Crippen LogP contribution in [0, 0.1) is 5.92 Å². The Morgan fingerprint density at radius 3 is 2.48 bits per heavy atom. The van der Waals surface area contributed by atoms with Crippen LogP contribution in [0.2, 0.25) is 0 Å². The first-order valence-corrected chi connectivity index (χ1v) is 8.52. The third-order valence-corrected chi connectivity index (χ3v) is 3.77. The number of hydrogen-bond donors (Lipinski definition) is 1. The minimum absolute atomic E-state index is 0.117. The van der Waals surface area contributed by atoms with Gasteiger partial charge in [0.1, 0.15) is 6.61 Å². The highest BCUT2D eigenvalue weighted by atomic mass is 16.6. The van der Waals surface area contributed by atoms with E-state index in [4.69, 9.17) is 4.74 Å². The SMILES string of the molecule is CC(C)CC(=O)NCC(=O)N1CCCN1C(=O)OCc1ccccc1. The monoisotopic (exact) mass is 347 g/mol. The van der Waals surface area contributed by atoms with Crippen molar-refractivity contribution in [3.8, 4) is 0 Å². The third-order valence-electron chi connectivity index (χ3n) is 3.77. The zero-order chi connectivity index (χ0) is 18.2. The fourth-order valence-corrected chi connectivity index (χ4v) is 2.56. The van der Waals surface area contributed by atoms with Gasteiger partial charge in [-0.3, -0.25) is 9.59 Å². The van der Waals surface area contributed by atoms with Crippen molar-refractivity contribution in [2.24, 2.45) is 5.92 Å². The number of amides is 3. The van der Waals surface area contributed by atoms with E-state index in [-0.39, 0.29) is 30.9 Å². The molecule has 0 radical (unpaired) electrons. The van der Waals surface area contributed by atoms with Crippen LogP contribution in [0.4, 0.5) is 4.79 Å². The number of benzene rings is 1. The normalized spacial score (nSPS) is 13.9. The summed E-state index contributed by atoms with van der Waals surface area (Å²) in [6.07, 6.45) is 0.505. The lowest BCUT2D eigenvalue weighted by atomic mass is 10.1. The molecule has 7 heteroatoms. The predicted octanol–water partition coefficient (Wildman–Crippen LogP) is 1.93. The quantitative estimate of drug-likeness (QED) is 0.853. The summed E-state index contributed by atoms with van der Waals surface area (Å²) in [5.41, 5.74) is 0.883. The van der Waals surface area contributed by atoms with Gasteiger partial charge in [0.05, 0.1) is 6.54 Å². The first-order chi connectivity index (χ1) is 12.0. The van der Waals surface area contributed by atoms with Gasteiger partial charge in [-0.05, 0) is 17.9 Å². The van der Waals surface area contributed by atoms with Gasteiger partial charge in [0.15, 0.2) is 0 Å². The summed E-state index contributed by atoms with van der Waals surface area (Å²) in [6.45, 7) is 4.79. The number of carbonyl (C=O) groups is 3. The van der Waals surface area contributed by atoms with E-state index in [2.05, 4.69) is 5.32 Å². The molecule has 7 nitrogen and oxygen atoms in total. The number of carbonyl (C=O) groups excluding carboxylic acids is 3. The summed E-state index contributed by atoms with van der Waals surface area (Å²) in [7, 11) is 0. The maximum Gasteiger partial charge on any atom is 0.429 e. The Kier molecular flexibility index (Phi) is 6.80. The lowest BCUT2D eigenvalue weighted by Gasteiger charge is -2.27. The van der Waals surface area contributed by atoms with Crippen LogP contribution < -0.4 is 5.32 Å². The zero-order valence-corrected chi connectivity index (χ0v) is 14.7. The van der Waals surface area contributed by atoms with Crippen molar-refractivity contribution in [1.82, 2.24) is 15.3 Å². The number of hydrazine groups is 1. The van der Waals surface area contributed by atoms with Gasteiger partial charge in [-0.15, -0.1) is 0 Å². The van der Waals surface area contributed by atoms with Crippen LogP contribution in [0.15, 0.2) is 30.3 Å². The molecule has 1 aromatic rings. The lowest BCUT2D eigenvalue weighted by Crippen LogP contribution is -2.48. The van der Waals surface area contributed by atoms with Gasteiger partial charge in [-0.25, -0.2) is 14.8 Å². The minimum Gasteiger partial charge on any atom is -0.443 e. The summed E-state index contributed by atoms with van der Waals surface area (Å²) in [4.78, 5) is 36.2. The van der Waals surface area contributed by atoms with Crippen molar-refractivity contribution in [2.75, 3.05) is 19.6 Å². The largest absolute Gasteiger partial charge is 0.443 e. The molecule has 2 rings (SSSR count). The van der Waals surface area contributed by atoms with Gasteiger partial charge in [-0.1, -0.05) is 44.2 Å². The van der Waals surface area contributed by atoms with Crippen molar-refractivity contribution >= 4 is 17.9 Å². The molecule has 136 valence electrons. The van der Waals surface area contributed by atoms with Crippen LogP contribution in [0.3, 0.4) is 0 Å². The fourth-order valence-electron chi connectivity index (χ4n) is 2.56. The molecule has 0 spiro atoms. The molecule has 25 heavy (non-hydrogen) atoms. The highest BCUT2D eigenvalue weighted by Crippen LogP contribution is 2.13. The average molecular weight is 347 g/mol. The molecule has 1 heterocycles. The summed E-state index contributed by atoms with van der Waals surface area (Å²) < 4.78 is 5.28. The van der Waals surface area contributed by atoms with Gasteiger partial charge in [-0.2, -0.15) is 0 Å². The van der Waals surface area contributed by atoms with E-state index < -0.39 is 6.09 Å². The van der Waals surface area contributed by atoms with Gasteiger partial charge in [0, 0.05) is 19.5 Å². The number of hydrogen-bond acceptors (Lipinski definition) is 4. The molecule has 1 N–H and O–H groups in total. The van der Waals surface area contributed by atoms with E-state index in [9.17, 15) is 14.4 Å². The highest BCUT2D eigenvalue weighted by molar-refractivity contribution is 5.86. The average Bonchev–Trinajstić information content (AvgIpc) is 3.08. The molecule has 1 aromatic carbocycles. The van der Waals surface area contributed by atoms with Crippen LogP contribution in [0.5, 0.6) is 0 Å². The standard InChI is InChI=1S/C18H25N3O4/c1-14(2)11-16(22)19-12-17(23)20-9-6-10-21(20)18(24)25-13-15-7-4-3-5-8-15/h3-5,7-8,14H,6,9-13H2,1-2H3,(H,19,22). The zero-order valence-electron chi connectivity index (χ0n) is 14.7.